The highest BCUT2D eigenvalue weighted by Crippen LogP contribution is 2.33. The van der Waals surface area contributed by atoms with Crippen LogP contribution in [0.3, 0.4) is 0 Å². The molecule has 3 heterocycles. The van der Waals surface area contributed by atoms with E-state index in [0.717, 1.165) is 0 Å². The zero-order valence-corrected chi connectivity index (χ0v) is 32.8. The molecule has 1 atom stereocenters. The molecular formula is C38H39F2N9O11S. The van der Waals surface area contributed by atoms with Crippen molar-refractivity contribution in [3.05, 3.63) is 83.4 Å². The number of nitrogens with one attached hydrogen (secondary N) is 6. The summed E-state index contributed by atoms with van der Waals surface area (Å²) in [6, 6.07) is 15.7. The minimum absolute atomic E-state index is 0.0424. The number of amides is 6. The second kappa shape index (κ2) is 19.4. The van der Waals surface area contributed by atoms with Gasteiger partial charge in [0.05, 0.1) is 25.5 Å². The molecule has 1 aromatic heterocycles. The standard InChI is InChI=1S/C38H39F2N9O11S/c39-38(40)61(56,57)48-22-9-7-21(8-10-22)33-32(34(41)53)35(47-46-33)43-23-3-1-4-24(17-23)60-20-30(51)42-13-14-58-15-16-59-19-31(52)44-27-6-2-5-25-26(27)18-49(37(25)55)28-11-12-29(50)45-36(28)54/h1-10,17,28,38,48H,11-16,18-20H2,(H2,41,53)(H,42,51)(H,44,52)(H2,43,46,47)(H,45,50,54). The van der Waals surface area contributed by atoms with E-state index in [0.29, 0.717) is 33.8 Å². The van der Waals surface area contributed by atoms with Crippen LogP contribution < -0.4 is 36.5 Å². The lowest BCUT2D eigenvalue weighted by atomic mass is 10.0. The van der Waals surface area contributed by atoms with Crippen LogP contribution in [0, 0.1) is 0 Å². The van der Waals surface area contributed by atoms with E-state index in [1.807, 2.05) is 0 Å². The predicted molar refractivity (Wildman–Crippen MR) is 212 cm³/mol. The van der Waals surface area contributed by atoms with Crippen LogP contribution in [0.25, 0.3) is 11.3 Å². The zero-order chi connectivity index (χ0) is 43.7. The minimum atomic E-state index is -4.87. The summed E-state index contributed by atoms with van der Waals surface area (Å²) in [6.07, 6.45) is 0.347. The SMILES string of the molecule is NC(=O)c1c(Nc2cccc(OCC(=O)NCCOCCOCC(=O)Nc3cccc4c3CN(C3CCC(=O)NC3=O)C4=O)c2)n[nH]c1-c1ccc(NS(=O)(=O)C(F)F)cc1. The third-order valence-corrected chi connectivity index (χ3v) is 10.2. The van der Waals surface area contributed by atoms with E-state index in [1.165, 1.54) is 29.2 Å². The normalized spacial score (nSPS) is 15.0. The number of benzene rings is 3. The Bertz CT molecular complexity index is 2430. The number of anilines is 4. The molecule has 1 fully saturated rings. The van der Waals surface area contributed by atoms with E-state index in [4.69, 9.17) is 19.9 Å². The highest BCUT2D eigenvalue weighted by molar-refractivity contribution is 7.93. The van der Waals surface area contributed by atoms with Gasteiger partial charge in [0.2, 0.25) is 17.7 Å². The summed E-state index contributed by atoms with van der Waals surface area (Å²) in [7, 11) is -4.87. The number of aromatic amines is 1. The number of nitrogens with zero attached hydrogens (tertiary/aromatic N) is 2. The van der Waals surface area contributed by atoms with E-state index >= 15 is 0 Å². The van der Waals surface area contributed by atoms with Crippen LogP contribution in [0.1, 0.15) is 39.1 Å². The second-order valence-electron chi connectivity index (χ2n) is 13.4. The zero-order valence-electron chi connectivity index (χ0n) is 32.0. The maximum absolute atomic E-state index is 13.0. The number of hydrogen-bond donors (Lipinski definition) is 7. The number of H-pyrrole nitrogens is 1. The molecule has 2 aliphatic rings. The van der Waals surface area contributed by atoms with Crippen LogP contribution in [-0.2, 0) is 45.2 Å². The predicted octanol–water partition coefficient (Wildman–Crippen LogP) is 1.81. The lowest BCUT2D eigenvalue weighted by Gasteiger charge is -2.29. The van der Waals surface area contributed by atoms with Gasteiger partial charge in [-0.2, -0.15) is 13.9 Å². The molecule has 23 heteroatoms. The number of carbonyl (C=O) groups is 6. The molecule has 8 N–H and O–H groups in total. The molecule has 0 aliphatic carbocycles. The van der Waals surface area contributed by atoms with E-state index in [9.17, 15) is 46.0 Å². The van der Waals surface area contributed by atoms with Crippen LogP contribution >= 0.6 is 0 Å². The quantitative estimate of drug-likeness (QED) is 0.0494. The molecule has 322 valence electrons. The van der Waals surface area contributed by atoms with Crippen molar-refractivity contribution >= 4 is 68.3 Å². The Kier molecular flexibility index (Phi) is 13.9. The third-order valence-electron chi connectivity index (χ3n) is 9.18. The number of carbonyl (C=O) groups excluding carboxylic acids is 6. The number of ether oxygens (including phenoxy) is 3. The molecule has 1 saturated heterocycles. The minimum Gasteiger partial charge on any atom is -0.484 e. The van der Waals surface area contributed by atoms with Crippen LogP contribution in [0.5, 0.6) is 5.75 Å². The summed E-state index contributed by atoms with van der Waals surface area (Å²) in [4.78, 5) is 75.7. The Labute approximate surface area is 345 Å². The topological polar surface area (TPSA) is 282 Å². The number of alkyl halides is 2. The largest absolute Gasteiger partial charge is 0.484 e. The number of aromatic nitrogens is 2. The van der Waals surface area contributed by atoms with Crippen molar-refractivity contribution < 1.29 is 60.2 Å². The van der Waals surface area contributed by atoms with Gasteiger partial charge >= 0.3 is 5.76 Å². The van der Waals surface area contributed by atoms with Gasteiger partial charge < -0.3 is 40.8 Å². The van der Waals surface area contributed by atoms with Crippen molar-refractivity contribution in [2.24, 2.45) is 5.73 Å². The van der Waals surface area contributed by atoms with Crippen LogP contribution in [0.2, 0.25) is 0 Å². The van der Waals surface area contributed by atoms with Crippen molar-refractivity contribution in [1.29, 1.82) is 0 Å². The van der Waals surface area contributed by atoms with Gasteiger partial charge in [0.1, 0.15) is 24.0 Å². The Balaban J connectivity index is 0.876. The molecule has 0 radical (unpaired) electrons. The number of halogens is 2. The number of piperidine rings is 1. The monoisotopic (exact) mass is 867 g/mol. The first-order chi connectivity index (χ1) is 29.2. The summed E-state index contributed by atoms with van der Waals surface area (Å²) in [6.45, 7) is -0.0226. The molecule has 0 saturated carbocycles. The van der Waals surface area contributed by atoms with E-state index in [2.05, 4.69) is 31.5 Å². The molecule has 2 aliphatic heterocycles. The van der Waals surface area contributed by atoms with Gasteiger partial charge in [0.15, 0.2) is 12.4 Å². The highest BCUT2D eigenvalue weighted by atomic mass is 32.2. The van der Waals surface area contributed by atoms with Gasteiger partial charge in [-0.05, 0) is 42.8 Å². The summed E-state index contributed by atoms with van der Waals surface area (Å²) >= 11 is 0. The first kappa shape index (κ1) is 43.6. The number of fused-ring (bicyclic) bond motifs is 1. The first-order valence-electron chi connectivity index (χ1n) is 18.5. The van der Waals surface area contributed by atoms with Crippen molar-refractivity contribution in [3.63, 3.8) is 0 Å². The summed E-state index contributed by atoms with van der Waals surface area (Å²) in [5.74, 6) is -6.31. The Morgan fingerprint density at radius 1 is 0.934 bits per heavy atom. The number of hydrogen-bond acceptors (Lipinski definition) is 13. The maximum atomic E-state index is 13.0. The van der Waals surface area contributed by atoms with Gasteiger partial charge in [-0.1, -0.05) is 24.3 Å². The average molecular weight is 868 g/mol. The Morgan fingerprint density at radius 2 is 1.69 bits per heavy atom. The smallest absolute Gasteiger partial charge is 0.355 e. The molecule has 6 rings (SSSR count). The van der Waals surface area contributed by atoms with Crippen molar-refractivity contribution in [3.8, 4) is 17.0 Å². The summed E-state index contributed by atoms with van der Waals surface area (Å²) in [5, 5.41) is 17.4. The molecule has 0 spiro atoms. The number of primary amides is 1. The summed E-state index contributed by atoms with van der Waals surface area (Å²) in [5.41, 5.74) is 7.75. The molecule has 1 unspecified atom stereocenters. The molecule has 4 aromatic rings. The van der Waals surface area contributed by atoms with Gasteiger partial charge in [-0.25, -0.2) is 8.42 Å². The highest BCUT2D eigenvalue weighted by Gasteiger charge is 2.40. The van der Waals surface area contributed by atoms with Crippen molar-refractivity contribution in [2.75, 3.05) is 54.9 Å². The Hall–Kier alpha value is -6.98. The number of rotatable bonds is 20. The van der Waals surface area contributed by atoms with Crippen molar-refractivity contribution in [1.82, 2.24) is 25.7 Å². The third kappa shape index (κ3) is 11.0. The molecule has 6 amide bonds. The average Bonchev–Trinajstić information content (AvgIpc) is 3.79. The first-order valence-corrected chi connectivity index (χ1v) is 20.0. The number of imide groups is 1. The molecule has 0 bridgehead atoms. The molecule has 3 aromatic carbocycles. The van der Waals surface area contributed by atoms with Gasteiger partial charge in [-0.3, -0.25) is 43.9 Å². The van der Waals surface area contributed by atoms with Gasteiger partial charge in [-0.15, -0.1) is 0 Å². The van der Waals surface area contributed by atoms with Crippen molar-refractivity contribution in [2.45, 2.75) is 31.2 Å². The van der Waals surface area contributed by atoms with Crippen LogP contribution in [0.4, 0.5) is 31.7 Å². The van der Waals surface area contributed by atoms with Gasteiger partial charge in [0, 0.05) is 59.3 Å². The molecule has 61 heavy (non-hydrogen) atoms. The van der Waals surface area contributed by atoms with Gasteiger partial charge in [0.25, 0.3) is 27.7 Å². The fourth-order valence-corrected chi connectivity index (χ4v) is 6.89. The van der Waals surface area contributed by atoms with E-state index in [-0.39, 0.29) is 93.5 Å². The van der Waals surface area contributed by atoms with Crippen LogP contribution in [-0.4, -0.2) is 110 Å². The number of nitrogens with two attached hydrogens (primary N) is 1. The lowest BCUT2D eigenvalue weighted by molar-refractivity contribution is -0.137. The number of sulfonamides is 1. The summed E-state index contributed by atoms with van der Waals surface area (Å²) < 4.78 is 66.6. The fraction of sp³-hybridized carbons (Fsp3) is 0.289. The van der Waals surface area contributed by atoms with Crippen LogP contribution in [0.15, 0.2) is 66.7 Å². The second-order valence-corrected chi connectivity index (χ2v) is 15.1. The fourth-order valence-electron chi connectivity index (χ4n) is 6.33. The maximum Gasteiger partial charge on any atom is 0.355 e. The molecular weight excluding hydrogens is 829 g/mol. The molecule has 20 nitrogen and oxygen atoms in total. The van der Waals surface area contributed by atoms with E-state index < -0.39 is 45.5 Å². The van der Waals surface area contributed by atoms with E-state index in [1.54, 1.807) is 47.2 Å². The lowest BCUT2D eigenvalue weighted by Crippen LogP contribution is -2.52. The Morgan fingerprint density at radius 3 is 2.43 bits per heavy atom.